The van der Waals surface area contributed by atoms with Crippen molar-refractivity contribution in [3.8, 4) is 5.75 Å². The number of hydrogen-bond acceptors (Lipinski definition) is 2. The fourth-order valence-electron chi connectivity index (χ4n) is 2.33. The predicted molar refractivity (Wildman–Crippen MR) is 92.0 cm³/mol. The molecule has 0 saturated heterocycles. The molecule has 3 rings (SSSR count). The van der Waals surface area contributed by atoms with Crippen LogP contribution in [-0.2, 0) is 11.2 Å². The second-order valence-electron chi connectivity index (χ2n) is 5.24. The van der Waals surface area contributed by atoms with Gasteiger partial charge >= 0.3 is 0 Å². The molecule has 0 aliphatic heterocycles. The highest BCUT2D eigenvalue weighted by atomic mass is 35.5. The molecule has 2 aromatic carbocycles. The number of carbonyl (C=O) groups excluding carboxylic acids is 1. The van der Waals surface area contributed by atoms with Gasteiger partial charge < -0.3 is 15.0 Å². The minimum atomic E-state index is -0.138. The minimum absolute atomic E-state index is 0.00268. The van der Waals surface area contributed by atoms with Crippen LogP contribution in [-0.4, -0.2) is 24.0 Å². The van der Waals surface area contributed by atoms with Crippen LogP contribution in [0.1, 0.15) is 5.56 Å². The quantitative estimate of drug-likeness (QED) is 0.727. The first-order valence-electron chi connectivity index (χ1n) is 7.42. The number of H-pyrrole nitrogens is 1. The van der Waals surface area contributed by atoms with Crippen molar-refractivity contribution in [2.24, 2.45) is 0 Å². The van der Waals surface area contributed by atoms with Crippen LogP contribution in [0, 0.1) is 0 Å². The van der Waals surface area contributed by atoms with Crippen LogP contribution in [0.2, 0.25) is 5.02 Å². The van der Waals surface area contributed by atoms with Crippen LogP contribution >= 0.6 is 11.6 Å². The number of aromatic nitrogens is 1. The molecule has 1 heterocycles. The summed E-state index contributed by atoms with van der Waals surface area (Å²) in [5, 5.41) is 4.68. The average Bonchev–Trinajstić information content (AvgIpc) is 3.02. The zero-order valence-corrected chi connectivity index (χ0v) is 13.3. The van der Waals surface area contributed by atoms with E-state index >= 15 is 0 Å². The summed E-state index contributed by atoms with van der Waals surface area (Å²) in [6.07, 6.45) is 2.70. The molecule has 0 bridgehead atoms. The summed E-state index contributed by atoms with van der Waals surface area (Å²) >= 11 is 5.79. The molecular formula is C18H17ClN2O2. The molecule has 0 spiro atoms. The highest BCUT2D eigenvalue weighted by Gasteiger charge is 2.03. The van der Waals surface area contributed by atoms with Crippen molar-refractivity contribution >= 4 is 28.4 Å². The van der Waals surface area contributed by atoms with E-state index in [1.807, 2.05) is 12.3 Å². The third-order valence-corrected chi connectivity index (χ3v) is 3.79. The van der Waals surface area contributed by atoms with Gasteiger partial charge in [0.2, 0.25) is 0 Å². The molecule has 2 N–H and O–H groups in total. The van der Waals surface area contributed by atoms with Crippen molar-refractivity contribution in [1.82, 2.24) is 10.3 Å². The van der Waals surface area contributed by atoms with Crippen molar-refractivity contribution < 1.29 is 9.53 Å². The highest BCUT2D eigenvalue weighted by molar-refractivity contribution is 6.30. The van der Waals surface area contributed by atoms with E-state index in [1.54, 1.807) is 24.3 Å². The summed E-state index contributed by atoms with van der Waals surface area (Å²) in [5.74, 6) is 0.489. The third kappa shape index (κ3) is 4.27. The van der Waals surface area contributed by atoms with E-state index in [0.29, 0.717) is 17.3 Å². The summed E-state index contributed by atoms with van der Waals surface area (Å²) in [6, 6.07) is 15.2. The van der Waals surface area contributed by atoms with E-state index in [1.165, 1.54) is 10.9 Å². The van der Waals surface area contributed by atoms with E-state index in [-0.39, 0.29) is 12.5 Å². The second-order valence-corrected chi connectivity index (χ2v) is 5.68. The maximum absolute atomic E-state index is 11.8. The smallest absolute Gasteiger partial charge is 0.257 e. The summed E-state index contributed by atoms with van der Waals surface area (Å²) < 4.78 is 5.40. The van der Waals surface area contributed by atoms with Crippen molar-refractivity contribution in [3.63, 3.8) is 0 Å². The Kier molecular flexibility index (Phi) is 4.83. The molecule has 4 nitrogen and oxygen atoms in total. The van der Waals surface area contributed by atoms with Crippen LogP contribution in [0.15, 0.2) is 54.7 Å². The molecule has 3 aromatic rings. The fourth-order valence-corrected chi connectivity index (χ4v) is 2.45. The average molecular weight is 329 g/mol. The van der Waals surface area contributed by atoms with Crippen LogP contribution in [0.3, 0.4) is 0 Å². The number of rotatable bonds is 6. The van der Waals surface area contributed by atoms with Gasteiger partial charge in [0, 0.05) is 23.3 Å². The molecule has 0 radical (unpaired) electrons. The number of aromatic amines is 1. The Morgan fingerprint density at radius 2 is 1.96 bits per heavy atom. The molecule has 0 aliphatic rings. The van der Waals surface area contributed by atoms with Gasteiger partial charge in [-0.3, -0.25) is 4.79 Å². The minimum Gasteiger partial charge on any atom is -0.484 e. The molecule has 23 heavy (non-hydrogen) atoms. The zero-order chi connectivity index (χ0) is 16.1. The first-order chi connectivity index (χ1) is 11.2. The molecule has 0 fully saturated rings. The van der Waals surface area contributed by atoms with Gasteiger partial charge in [0.05, 0.1) is 0 Å². The Bertz CT molecular complexity index is 796. The number of benzene rings is 2. The number of carbonyl (C=O) groups is 1. The molecule has 0 saturated carbocycles. The topological polar surface area (TPSA) is 54.1 Å². The van der Waals surface area contributed by atoms with Crippen molar-refractivity contribution in [2.75, 3.05) is 13.2 Å². The molecule has 118 valence electrons. The number of amides is 1. The Hall–Kier alpha value is -2.46. The summed E-state index contributed by atoms with van der Waals surface area (Å²) in [5.41, 5.74) is 2.29. The van der Waals surface area contributed by atoms with Gasteiger partial charge in [0.15, 0.2) is 6.61 Å². The van der Waals surface area contributed by atoms with Crippen LogP contribution in [0.25, 0.3) is 10.9 Å². The van der Waals surface area contributed by atoms with Crippen molar-refractivity contribution in [3.05, 3.63) is 65.3 Å². The van der Waals surface area contributed by atoms with Gasteiger partial charge in [-0.15, -0.1) is 0 Å². The molecule has 1 amide bonds. The lowest BCUT2D eigenvalue weighted by Gasteiger charge is -2.08. The lowest BCUT2D eigenvalue weighted by molar-refractivity contribution is -0.123. The Morgan fingerprint density at radius 3 is 2.78 bits per heavy atom. The maximum atomic E-state index is 11.8. The van der Waals surface area contributed by atoms with E-state index in [4.69, 9.17) is 16.3 Å². The first-order valence-corrected chi connectivity index (χ1v) is 7.79. The largest absolute Gasteiger partial charge is 0.484 e. The van der Waals surface area contributed by atoms with Crippen molar-refractivity contribution in [2.45, 2.75) is 6.42 Å². The fraction of sp³-hybridized carbons (Fsp3) is 0.167. The SMILES string of the molecule is O=C(COc1ccc(Cl)cc1)NCCc1ccc2cc[nH]c2c1. The third-order valence-electron chi connectivity index (χ3n) is 3.54. The van der Waals surface area contributed by atoms with Gasteiger partial charge in [-0.05, 0) is 53.8 Å². The first kappa shape index (κ1) is 15.4. The van der Waals surface area contributed by atoms with E-state index in [2.05, 4.69) is 28.5 Å². The Labute approximate surface area is 139 Å². The lowest BCUT2D eigenvalue weighted by atomic mass is 10.1. The number of fused-ring (bicyclic) bond motifs is 1. The molecule has 0 unspecified atom stereocenters. The van der Waals surface area contributed by atoms with Gasteiger partial charge in [-0.2, -0.15) is 0 Å². The normalized spacial score (nSPS) is 10.7. The van der Waals surface area contributed by atoms with E-state index in [0.717, 1.165) is 11.9 Å². The molecular weight excluding hydrogens is 312 g/mol. The van der Waals surface area contributed by atoms with Gasteiger partial charge in [-0.1, -0.05) is 23.7 Å². The Balaban J connectivity index is 1.42. The molecule has 5 heteroatoms. The van der Waals surface area contributed by atoms with Gasteiger partial charge in [0.25, 0.3) is 5.91 Å². The number of nitrogens with one attached hydrogen (secondary N) is 2. The van der Waals surface area contributed by atoms with Crippen molar-refractivity contribution in [1.29, 1.82) is 0 Å². The van der Waals surface area contributed by atoms with E-state index in [9.17, 15) is 4.79 Å². The summed E-state index contributed by atoms with van der Waals surface area (Å²) in [7, 11) is 0. The van der Waals surface area contributed by atoms with Crippen LogP contribution < -0.4 is 10.1 Å². The monoisotopic (exact) mass is 328 g/mol. The van der Waals surface area contributed by atoms with Gasteiger partial charge in [0.1, 0.15) is 5.75 Å². The Morgan fingerprint density at radius 1 is 1.13 bits per heavy atom. The van der Waals surface area contributed by atoms with Crippen LogP contribution in [0.4, 0.5) is 0 Å². The highest BCUT2D eigenvalue weighted by Crippen LogP contribution is 2.15. The maximum Gasteiger partial charge on any atom is 0.257 e. The summed E-state index contributed by atoms with van der Waals surface area (Å²) in [4.78, 5) is 15.0. The number of hydrogen-bond donors (Lipinski definition) is 2. The standard InChI is InChI=1S/C18H17ClN2O2/c19-15-3-5-16(6-4-15)23-12-18(22)21-9-7-13-1-2-14-8-10-20-17(14)11-13/h1-6,8,10-11,20H,7,9,12H2,(H,21,22). The molecule has 1 aromatic heterocycles. The van der Waals surface area contributed by atoms with Gasteiger partial charge in [-0.25, -0.2) is 0 Å². The zero-order valence-electron chi connectivity index (χ0n) is 12.5. The summed E-state index contributed by atoms with van der Waals surface area (Å²) in [6.45, 7) is 0.576. The molecule has 0 aliphatic carbocycles. The molecule has 0 atom stereocenters. The van der Waals surface area contributed by atoms with E-state index < -0.39 is 0 Å². The second kappa shape index (κ2) is 7.20. The van der Waals surface area contributed by atoms with Crippen LogP contribution in [0.5, 0.6) is 5.75 Å². The number of ether oxygens (including phenoxy) is 1. The number of halogens is 1. The lowest BCUT2D eigenvalue weighted by Crippen LogP contribution is -2.30. The predicted octanol–water partition coefficient (Wildman–Crippen LogP) is 3.56.